The predicted octanol–water partition coefficient (Wildman–Crippen LogP) is 4.00. The van der Waals surface area contributed by atoms with Gasteiger partial charge in [0, 0.05) is 16.7 Å². The molecule has 0 bridgehead atoms. The van der Waals surface area contributed by atoms with Gasteiger partial charge >= 0.3 is 0 Å². The van der Waals surface area contributed by atoms with Crippen LogP contribution in [0.25, 0.3) is 11.1 Å². The fraction of sp³-hybridized carbons (Fsp3) is 0.214. The van der Waals surface area contributed by atoms with Crippen molar-refractivity contribution in [1.82, 2.24) is 4.98 Å². The molecule has 0 radical (unpaired) electrons. The molecule has 0 aliphatic carbocycles. The van der Waals surface area contributed by atoms with Crippen LogP contribution in [0.4, 0.5) is 0 Å². The van der Waals surface area contributed by atoms with Crippen molar-refractivity contribution in [3.05, 3.63) is 42.6 Å². The fourth-order valence-electron chi connectivity index (χ4n) is 1.43. The number of thioether (sulfide) groups is 1. The number of hydrogen-bond donors (Lipinski definition) is 0. The fourth-order valence-corrected chi connectivity index (χ4v) is 2.19. The summed E-state index contributed by atoms with van der Waals surface area (Å²) in [6, 6.07) is 12.6. The van der Waals surface area contributed by atoms with Crippen molar-refractivity contribution in [3.8, 4) is 11.1 Å². The molecule has 0 aliphatic heterocycles. The Morgan fingerprint density at radius 2 is 1.71 bits per heavy atom. The molecule has 0 aliphatic rings. The quantitative estimate of drug-likeness (QED) is 0.600. The number of rotatable bonds is 2. The van der Waals surface area contributed by atoms with Gasteiger partial charge in [0.1, 0.15) is 0 Å². The van der Waals surface area contributed by atoms with E-state index in [-0.39, 0.29) is 0 Å². The summed E-state index contributed by atoms with van der Waals surface area (Å²) in [7, 11) is 2.67. The SMILES string of the molecule is CC.CSc1ccc(-c2cccnc2P)cc1. The lowest BCUT2D eigenvalue weighted by molar-refractivity contribution is 1.38. The minimum Gasteiger partial charge on any atom is -0.256 e. The van der Waals surface area contributed by atoms with Crippen LogP contribution in [-0.4, -0.2) is 11.2 Å². The van der Waals surface area contributed by atoms with Crippen LogP contribution in [-0.2, 0) is 0 Å². The maximum absolute atomic E-state index is 4.26. The summed E-state index contributed by atoms with van der Waals surface area (Å²) in [6.45, 7) is 4.00. The zero-order valence-electron chi connectivity index (χ0n) is 10.5. The van der Waals surface area contributed by atoms with Crippen molar-refractivity contribution in [3.63, 3.8) is 0 Å². The minimum atomic E-state index is 0.995. The summed E-state index contributed by atoms with van der Waals surface area (Å²) >= 11 is 1.76. The summed E-state index contributed by atoms with van der Waals surface area (Å²) < 4.78 is 0. The van der Waals surface area contributed by atoms with Gasteiger partial charge in [-0.3, -0.25) is 4.98 Å². The molecule has 0 saturated carbocycles. The lowest BCUT2D eigenvalue weighted by atomic mass is 10.1. The number of aromatic nitrogens is 1. The molecule has 1 heterocycles. The maximum atomic E-state index is 4.26. The van der Waals surface area contributed by atoms with Gasteiger partial charge in [-0.2, -0.15) is 0 Å². The van der Waals surface area contributed by atoms with Crippen molar-refractivity contribution >= 4 is 26.4 Å². The monoisotopic (exact) mass is 263 g/mol. The predicted molar refractivity (Wildman–Crippen MR) is 82.1 cm³/mol. The molecule has 1 unspecified atom stereocenters. The average molecular weight is 263 g/mol. The lowest BCUT2D eigenvalue weighted by Crippen LogP contribution is -2.00. The summed E-state index contributed by atoms with van der Waals surface area (Å²) in [5.74, 6) is 0. The van der Waals surface area contributed by atoms with Crippen molar-refractivity contribution < 1.29 is 0 Å². The first kappa shape index (κ1) is 14.2. The van der Waals surface area contributed by atoms with Crippen LogP contribution >= 0.6 is 21.0 Å². The highest BCUT2D eigenvalue weighted by Gasteiger charge is 2.01. The van der Waals surface area contributed by atoms with Crippen LogP contribution < -0.4 is 5.44 Å². The van der Waals surface area contributed by atoms with Gasteiger partial charge < -0.3 is 0 Å². The molecule has 1 aromatic heterocycles. The Morgan fingerprint density at radius 3 is 2.24 bits per heavy atom. The van der Waals surface area contributed by atoms with Crippen molar-refractivity contribution in [1.29, 1.82) is 0 Å². The van der Waals surface area contributed by atoms with Crippen LogP contribution in [0.3, 0.4) is 0 Å². The Balaban J connectivity index is 0.000000686. The highest BCUT2D eigenvalue weighted by atomic mass is 32.2. The van der Waals surface area contributed by atoms with Crippen LogP contribution in [0, 0.1) is 0 Å². The Hall–Kier alpha value is -0.850. The normalized spacial score (nSPS) is 9.41. The topological polar surface area (TPSA) is 12.9 Å². The Bertz CT molecular complexity index is 454. The Morgan fingerprint density at radius 1 is 1.06 bits per heavy atom. The van der Waals surface area contributed by atoms with E-state index in [1.54, 1.807) is 11.8 Å². The zero-order chi connectivity index (χ0) is 12.7. The standard InChI is InChI=1S/C12H12NPS.C2H6/c1-15-10-6-4-9(5-7-10)11-3-2-8-13-12(11)14;1-2/h2-8H,14H2,1H3;1-2H3. The second-order valence-electron chi connectivity index (χ2n) is 3.16. The van der Waals surface area contributed by atoms with Gasteiger partial charge in [-0.1, -0.05) is 41.3 Å². The highest BCUT2D eigenvalue weighted by Crippen LogP contribution is 2.22. The molecular weight excluding hydrogens is 245 g/mol. The van der Waals surface area contributed by atoms with E-state index in [0.717, 1.165) is 5.44 Å². The van der Waals surface area contributed by atoms with Crippen LogP contribution in [0.2, 0.25) is 0 Å². The number of benzene rings is 1. The van der Waals surface area contributed by atoms with Gasteiger partial charge in [0.05, 0.1) is 5.44 Å². The van der Waals surface area contributed by atoms with E-state index in [1.807, 2.05) is 26.1 Å². The first-order chi connectivity index (χ1) is 8.31. The molecule has 2 aromatic rings. The van der Waals surface area contributed by atoms with Crippen LogP contribution in [0.5, 0.6) is 0 Å². The second kappa shape index (κ2) is 7.47. The molecule has 0 N–H and O–H groups in total. The van der Waals surface area contributed by atoms with Gasteiger partial charge in [-0.15, -0.1) is 11.8 Å². The third kappa shape index (κ3) is 3.83. The third-order valence-corrected chi connectivity index (χ3v) is 3.44. The van der Waals surface area contributed by atoms with E-state index < -0.39 is 0 Å². The average Bonchev–Trinajstić information content (AvgIpc) is 2.42. The minimum absolute atomic E-state index is 0.995. The Labute approximate surface area is 110 Å². The number of nitrogens with zero attached hydrogens (tertiary/aromatic N) is 1. The molecule has 2 rings (SSSR count). The van der Waals surface area contributed by atoms with Crippen LogP contribution in [0.15, 0.2) is 47.5 Å². The summed E-state index contributed by atoms with van der Waals surface area (Å²) in [4.78, 5) is 5.54. The molecule has 1 atom stereocenters. The van der Waals surface area contributed by atoms with E-state index in [9.17, 15) is 0 Å². The highest BCUT2D eigenvalue weighted by molar-refractivity contribution is 7.98. The van der Waals surface area contributed by atoms with Gasteiger partial charge in [-0.05, 0) is 30.0 Å². The third-order valence-electron chi connectivity index (χ3n) is 2.24. The molecule has 0 fully saturated rings. The Kier molecular flexibility index (Phi) is 6.25. The molecular formula is C14H18NPS. The molecule has 0 spiro atoms. The zero-order valence-corrected chi connectivity index (χ0v) is 12.4. The van der Waals surface area contributed by atoms with E-state index in [4.69, 9.17) is 0 Å². The van der Waals surface area contributed by atoms with Crippen molar-refractivity contribution in [2.75, 3.05) is 6.26 Å². The molecule has 1 aromatic carbocycles. The molecule has 1 nitrogen and oxygen atoms in total. The largest absolute Gasteiger partial charge is 0.256 e. The van der Waals surface area contributed by atoms with Crippen molar-refractivity contribution in [2.45, 2.75) is 18.7 Å². The van der Waals surface area contributed by atoms with Gasteiger partial charge in [0.25, 0.3) is 0 Å². The van der Waals surface area contributed by atoms with Gasteiger partial charge in [0.2, 0.25) is 0 Å². The first-order valence-corrected chi connectivity index (χ1v) is 7.46. The maximum Gasteiger partial charge on any atom is 0.0646 e. The van der Waals surface area contributed by atoms with E-state index in [1.165, 1.54) is 16.0 Å². The second-order valence-corrected chi connectivity index (χ2v) is 4.59. The first-order valence-electron chi connectivity index (χ1n) is 5.66. The molecule has 3 heteroatoms. The smallest absolute Gasteiger partial charge is 0.0646 e. The molecule has 17 heavy (non-hydrogen) atoms. The van der Waals surface area contributed by atoms with E-state index in [2.05, 4.69) is 50.8 Å². The van der Waals surface area contributed by atoms with E-state index in [0.29, 0.717) is 0 Å². The molecule has 90 valence electrons. The summed E-state index contributed by atoms with van der Waals surface area (Å²) in [5, 5.41) is 0. The van der Waals surface area contributed by atoms with Gasteiger partial charge in [-0.25, -0.2) is 0 Å². The van der Waals surface area contributed by atoms with Crippen molar-refractivity contribution in [2.24, 2.45) is 0 Å². The van der Waals surface area contributed by atoms with E-state index >= 15 is 0 Å². The summed E-state index contributed by atoms with van der Waals surface area (Å²) in [5.41, 5.74) is 3.38. The molecule has 0 saturated heterocycles. The molecule has 0 amide bonds. The lowest BCUT2D eigenvalue weighted by Gasteiger charge is -2.05. The van der Waals surface area contributed by atoms with Crippen LogP contribution in [0.1, 0.15) is 13.8 Å². The summed E-state index contributed by atoms with van der Waals surface area (Å²) in [6.07, 6.45) is 3.89. The number of hydrogen-bond acceptors (Lipinski definition) is 2. The van der Waals surface area contributed by atoms with Gasteiger partial charge in [0.15, 0.2) is 0 Å². The number of pyridine rings is 1.